The molecule has 6 nitrogen and oxygen atoms in total. The van der Waals surface area contributed by atoms with Gasteiger partial charge >= 0.3 is 0 Å². The number of rotatable bonds is 2. The van der Waals surface area contributed by atoms with Crippen LogP contribution in [0.5, 0.6) is 0 Å². The summed E-state index contributed by atoms with van der Waals surface area (Å²) in [5.74, 6) is -0.239. The topological polar surface area (TPSA) is 69.7 Å². The maximum atomic E-state index is 13.3. The lowest BCUT2D eigenvalue weighted by atomic mass is 9.95. The zero-order valence-electron chi connectivity index (χ0n) is 15.1. The molecule has 1 aromatic rings. The van der Waals surface area contributed by atoms with E-state index in [4.69, 9.17) is 0 Å². The van der Waals surface area contributed by atoms with Gasteiger partial charge in [-0.05, 0) is 37.6 Å². The molecule has 2 aliphatic rings. The molecule has 0 aromatic heterocycles. The second-order valence-corrected chi connectivity index (χ2v) is 9.12. The number of hydrogen-bond acceptors (Lipinski definition) is 5. The number of piperidine rings is 1. The molecule has 0 aliphatic carbocycles. The molecule has 3 rings (SSSR count). The lowest BCUT2D eigenvalue weighted by Gasteiger charge is -2.38. The van der Waals surface area contributed by atoms with Crippen LogP contribution >= 0.6 is 24.8 Å². The van der Waals surface area contributed by atoms with Crippen molar-refractivity contribution in [2.75, 3.05) is 44.4 Å². The van der Waals surface area contributed by atoms with E-state index in [2.05, 4.69) is 10.2 Å². The number of anilines is 1. The Balaban J connectivity index is 0.00000169. The predicted molar refractivity (Wildman–Crippen MR) is 109 cm³/mol. The summed E-state index contributed by atoms with van der Waals surface area (Å²) in [7, 11) is -1.48. The first-order valence-electron chi connectivity index (χ1n) is 8.34. The van der Waals surface area contributed by atoms with Crippen molar-refractivity contribution < 1.29 is 13.2 Å². The molecular formula is C17H27Cl2N3O3S. The highest BCUT2D eigenvalue weighted by molar-refractivity contribution is 7.92. The number of nitrogens with zero attached hydrogens (tertiary/aromatic N) is 2. The van der Waals surface area contributed by atoms with Gasteiger partial charge in [-0.3, -0.25) is 4.79 Å². The van der Waals surface area contributed by atoms with Crippen molar-refractivity contribution in [3.05, 3.63) is 29.8 Å². The fourth-order valence-corrected chi connectivity index (χ4v) is 5.12. The Morgan fingerprint density at radius 1 is 1.12 bits per heavy atom. The van der Waals surface area contributed by atoms with E-state index in [9.17, 15) is 13.2 Å². The number of likely N-dealkylation sites (N-methyl/N-ethyl adjacent to an activating group) is 1. The van der Waals surface area contributed by atoms with Crippen molar-refractivity contribution >= 4 is 46.2 Å². The van der Waals surface area contributed by atoms with E-state index >= 15 is 0 Å². The van der Waals surface area contributed by atoms with Crippen molar-refractivity contribution in [1.29, 1.82) is 0 Å². The van der Waals surface area contributed by atoms with Gasteiger partial charge in [0.2, 0.25) is 5.91 Å². The summed E-state index contributed by atoms with van der Waals surface area (Å²) in [5, 5.41) is 3.16. The van der Waals surface area contributed by atoms with Crippen molar-refractivity contribution in [2.24, 2.45) is 0 Å². The van der Waals surface area contributed by atoms with E-state index in [1.807, 2.05) is 31.3 Å². The molecule has 1 fully saturated rings. The van der Waals surface area contributed by atoms with Crippen molar-refractivity contribution in [1.82, 2.24) is 10.2 Å². The number of amides is 1. The van der Waals surface area contributed by atoms with Gasteiger partial charge < -0.3 is 15.1 Å². The van der Waals surface area contributed by atoms with Gasteiger partial charge in [-0.15, -0.1) is 24.8 Å². The molecule has 9 heteroatoms. The van der Waals surface area contributed by atoms with Gasteiger partial charge in [0.15, 0.2) is 14.6 Å². The number of halogens is 2. The van der Waals surface area contributed by atoms with E-state index in [1.54, 1.807) is 4.90 Å². The van der Waals surface area contributed by atoms with Crippen molar-refractivity contribution in [2.45, 2.75) is 24.1 Å². The molecule has 0 saturated carbocycles. The zero-order chi connectivity index (χ0) is 17.4. The van der Waals surface area contributed by atoms with E-state index in [0.29, 0.717) is 45.6 Å². The van der Waals surface area contributed by atoms with Gasteiger partial charge in [-0.1, -0.05) is 18.2 Å². The Hall–Kier alpha value is -1.02. The monoisotopic (exact) mass is 423 g/mol. The van der Waals surface area contributed by atoms with Crippen LogP contribution in [0, 0.1) is 0 Å². The van der Waals surface area contributed by atoms with Gasteiger partial charge in [0.1, 0.15) is 0 Å². The van der Waals surface area contributed by atoms with Crippen LogP contribution in [-0.2, 0) is 21.2 Å². The third-order valence-electron chi connectivity index (χ3n) is 5.27. The second-order valence-electron chi connectivity index (χ2n) is 6.79. The molecule has 0 atom stereocenters. The molecule has 1 saturated heterocycles. The van der Waals surface area contributed by atoms with Crippen LogP contribution < -0.4 is 10.2 Å². The molecule has 1 aromatic carbocycles. The number of hydrogen-bond donors (Lipinski definition) is 1. The fraction of sp³-hybridized carbons (Fsp3) is 0.588. The zero-order valence-corrected chi connectivity index (χ0v) is 17.6. The fourth-order valence-electron chi connectivity index (χ4n) is 3.73. The summed E-state index contributed by atoms with van der Waals surface area (Å²) < 4.78 is 23.7. The van der Waals surface area contributed by atoms with Crippen molar-refractivity contribution in [3.8, 4) is 0 Å². The number of carbonyl (C=O) groups is 1. The number of carbonyl (C=O) groups excluding carboxylic acids is 1. The van der Waals surface area contributed by atoms with E-state index in [-0.39, 0.29) is 30.7 Å². The van der Waals surface area contributed by atoms with Crippen LogP contribution in [-0.4, -0.2) is 63.5 Å². The molecule has 0 bridgehead atoms. The van der Waals surface area contributed by atoms with Crippen LogP contribution in [0.4, 0.5) is 5.69 Å². The number of sulfone groups is 1. The maximum absolute atomic E-state index is 13.3. The number of fused-ring (bicyclic) bond motifs is 1. The first-order chi connectivity index (χ1) is 11.3. The van der Waals surface area contributed by atoms with Crippen molar-refractivity contribution in [3.63, 3.8) is 0 Å². The van der Waals surface area contributed by atoms with Crippen LogP contribution in [0.25, 0.3) is 0 Å². The summed E-state index contributed by atoms with van der Waals surface area (Å²) in [4.78, 5) is 17.1. The normalized spacial score (nSPS) is 19.5. The average Bonchev–Trinajstić information content (AvgIpc) is 2.73. The highest BCUT2D eigenvalue weighted by Gasteiger charge is 2.50. The standard InChI is InChI=1S/C17H25N3O3S.2ClH/c1-19-11-12-20(13-14-5-3-4-6-15(14)19)16(21)17(24(2,22)23)7-9-18-10-8-17;;/h3-6,18H,7-13H2,1-2H3;2*1H. The SMILES string of the molecule is CN1CCN(C(=O)C2(S(C)(=O)=O)CCNCC2)Cc2ccccc21.Cl.Cl. The smallest absolute Gasteiger partial charge is 0.244 e. The maximum Gasteiger partial charge on any atom is 0.244 e. The Kier molecular flexibility index (Phi) is 7.77. The van der Waals surface area contributed by atoms with Crippen LogP contribution in [0.3, 0.4) is 0 Å². The minimum Gasteiger partial charge on any atom is -0.373 e. The highest BCUT2D eigenvalue weighted by Crippen LogP contribution is 2.32. The Bertz CT molecular complexity index is 737. The van der Waals surface area contributed by atoms with E-state index in [0.717, 1.165) is 11.3 Å². The molecule has 0 radical (unpaired) electrons. The minimum atomic E-state index is -3.48. The summed E-state index contributed by atoms with van der Waals surface area (Å²) in [6.45, 7) is 2.81. The lowest BCUT2D eigenvalue weighted by molar-refractivity contribution is -0.135. The predicted octanol–water partition coefficient (Wildman–Crippen LogP) is 1.48. The first-order valence-corrected chi connectivity index (χ1v) is 10.2. The molecular weight excluding hydrogens is 397 g/mol. The van der Waals surface area contributed by atoms with Gasteiger partial charge in [-0.2, -0.15) is 0 Å². The molecule has 0 unspecified atom stereocenters. The number of para-hydroxylation sites is 1. The van der Waals surface area contributed by atoms with Crippen LogP contribution in [0.2, 0.25) is 0 Å². The molecule has 0 spiro atoms. The summed E-state index contributed by atoms with van der Waals surface area (Å²) >= 11 is 0. The van der Waals surface area contributed by atoms with Crippen LogP contribution in [0.15, 0.2) is 24.3 Å². The lowest BCUT2D eigenvalue weighted by Crippen LogP contribution is -2.58. The molecule has 2 heterocycles. The molecule has 26 heavy (non-hydrogen) atoms. The van der Waals surface area contributed by atoms with Gasteiger partial charge in [0.05, 0.1) is 0 Å². The molecule has 2 aliphatic heterocycles. The quantitative estimate of drug-likeness (QED) is 0.779. The summed E-state index contributed by atoms with van der Waals surface area (Å²) in [6, 6.07) is 7.99. The van der Waals surface area contributed by atoms with E-state index in [1.165, 1.54) is 6.26 Å². The van der Waals surface area contributed by atoms with Crippen LogP contribution in [0.1, 0.15) is 18.4 Å². The number of nitrogens with one attached hydrogen (secondary N) is 1. The molecule has 1 N–H and O–H groups in total. The third-order valence-corrected chi connectivity index (χ3v) is 7.27. The Labute approximate surface area is 168 Å². The second kappa shape index (κ2) is 8.78. The summed E-state index contributed by atoms with van der Waals surface area (Å²) in [6.07, 6.45) is 1.89. The highest BCUT2D eigenvalue weighted by atomic mass is 35.5. The van der Waals surface area contributed by atoms with Gasteiger partial charge in [0.25, 0.3) is 0 Å². The first kappa shape index (κ1) is 23.0. The van der Waals surface area contributed by atoms with Gasteiger partial charge in [0, 0.05) is 38.6 Å². The van der Waals surface area contributed by atoms with Gasteiger partial charge in [-0.25, -0.2) is 8.42 Å². The van der Waals surface area contributed by atoms with E-state index < -0.39 is 14.6 Å². The summed E-state index contributed by atoms with van der Waals surface area (Å²) in [5.41, 5.74) is 2.16. The largest absolute Gasteiger partial charge is 0.373 e. The molecule has 1 amide bonds. The average molecular weight is 424 g/mol. The number of benzene rings is 1. The third kappa shape index (κ3) is 4.11. The Morgan fingerprint density at radius 2 is 1.73 bits per heavy atom. The Morgan fingerprint density at radius 3 is 2.35 bits per heavy atom. The minimum absolute atomic E-state index is 0. The molecule has 148 valence electrons.